The number of aryl methyl sites for hydroxylation is 2. The molecule has 86 valence electrons. The maximum atomic E-state index is 2.27. The van der Waals surface area contributed by atoms with Gasteiger partial charge in [0.25, 0.3) is 0 Å². The molecular formula is C15H26. The van der Waals surface area contributed by atoms with Gasteiger partial charge in [0, 0.05) is 0 Å². The van der Waals surface area contributed by atoms with E-state index in [4.69, 9.17) is 0 Å². The van der Waals surface area contributed by atoms with Crippen molar-refractivity contribution in [1.29, 1.82) is 0 Å². The van der Waals surface area contributed by atoms with E-state index >= 15 is 0 Å². The molecule has 0 bridgehead atoms. The third-order valence-corrected chi connectivity index (χ3v) is 2.22. The summed E-state index contributed by atoms with van der Waals surface area (Å²) < 4.78 is 0. The average molecular weight is 206 g/mol. The van der Waals surface area contributed by atoms with E-state index in [0.717, 1.165) is 0 Å². The Morgan fingerprint density at radius 2 is 1.20 bits per heavy atom. The Labute approximate surface area is 95.7 Å². The molecule has 1 aromatic carbocycles. The molecule has 0 aliphatic rings. The van der Waals surface area contributed by atoms with Crippen molar-refractivity contribution in [3.05, 3.63) is 35.4 Å². The monoisotopic (exact) mass is 206 g/mol. The van der Waals surface area contributed by atoms with Crippen molar-refractivity contribution in [2.24, 2.45) is 5.41 Å². The van der Waals surface area contributed by atoms with Crippen LogP contribution < -0.4 is 0 Å². The molecule has 0 amide bonds. The summed E-state index contributed by atoms with van der Waals surface area (Å²) >= 11 is 0. The van der Waals surface area contributed by atoms with Gasteiger partial charge in [0.15, 0.2) is 0 Å². The second-order valence-corrected chi connectivity index (χ2v) is 5.47. The van der Waals surface area contributed by atoms with Crippen molar-refractivity contribution in [2.75, 3.05) is 0 Å². The molecule has 0 heterocycles. The minimum Gasteiger partial charge on any atom is -0.0654 e. The van der Waals surface area contributed by atoms with Gasteiger partial charge in [-0.05, 0) is 25.7 Å². The van der Waals surface area contributed by atoms with Gasteiger partial charge in [0.2, 0.25) is 0 Å². The average Bonchev–Trinajstić information content (AvgIpc) is 2.09. The normalized spacial score (nSPS) is 10.5. The highest BCUT2D eigenvalue weighted by atomic mass is 14.1. The first-order chi connectivity index (χ1) is 6.85. The van der Waals surface area contributed by atoms with Crippen molar-refractivity contribution in [3.8, 4) is 0 Å². The summed E-state index contributed by atoms with van der Waals surface area (Å²) in [4.78, 5) is 0. The molecule has 0 nitrogen and oxygen atoms in total. The Bertz CT molecular complexity index is 227. The molecule has 1 rings (SSSR count). The highest BCUT2D eigenvalue weighted by molar-refractivity contribution is 5.19. The summed E-state index contributed by atoms with van der Waals surface area (Å²) in [7, 11) is 0. The van der Waals surface area contributed by atoms with E-state index in [2.05, 4.69) is 65.8 Å². The van der Waals surface area contributed by atoms with Crippen LogP contribution in [0.4, 0.5) is 0 Å². The van der Waals surface area contributed by atoms with Gasteiger partial charge in [0.05, 0.1) is 0 Å². The van der Waals surface area contributed by atoms with Crippen molar-refractivity contribution in [3.63, 3.8) is 0 Å². The van der Waals surface area contributed by atoms with Crippen LogP contribution in [0.2, 0.25) is 0 Å². The molecule has 0 N–H and O–H groups in total. The zero-order valence-corrected chi connectivity index (χ0v) is 11.2. The van der Waals surface area contributed by atoms with Crippen LogP contribution in [-0.4, -0.2) is 0 Å². The number of rotatable bonds is 1. The molecule has 0 heteroatoms. The molecule has 0 radical (unpaired) electrons. The van der Waals surface area contributed by atoms with Crippen LogP contribution in [0.25, 0.3) is 0 Å². The molecule has 0 spiro atoms. The minimum atomic E-state index is 0.550. The zero-order chi connectivity index (χ0) is 11.9. The Balaban J connectivity index is 0.000000265. The second kappa shape index (κ2) is 6.66. The van der Waals surface area contributed by atoms with Crippen LogP contribution in [0.5, 0.6) is 0 Å². The fourth-order valence-electron chi connectivity index (χ4n) is 1.39. The van der Waals surface area contributed by atoms with Crippen LogP contribution in [-0.2, 0) is 0 Å². The summed E-state index contributed by atoms with van der Waals surface area (Å²) in [6.07, 6.45) is 2.65. The number of hydrogen-bond donors (Lipinski definition) is 0. The molecule has 0 unspecified atom stereocenters. The van der Waals surface area contributed by atoms with E-state index in [9.17, 15) is 0 Å². The lowest BCUT2D eigenvalue weighted by Gasteiger charge is -2.15. The van der Waals surface area contributed by atoms with Crippen LogP contribution in [0.1, 0.15) is 51.7 Å². The lowest BCUT2D eigenvalue weighted by atomic mass is 9.91. The SMILES string of the molecule is CCCC(C)(C)C.Cc1ccc(C)cc1. The van der Waals surface area contributed by atoms with Gasteiger partial charge in [-0.3, -0.25) is 0 Å². The highest BCUT2D eigenvalue weighted by Gasteiger charge is 2.06. The summed E-state index contributed by atoms with van der Waals surface area (Å²) in [5.74, 6) is 0. The standard InChI is InChI=1S/C8H10.C7H16/c1-7-3-5-8(2)6-4-7;1-5-6-7(2,3)4/h3-6H,1-2H3;5-6H2,1-4H3. The predicted molar refractivity (Wildman–Crippen MR) is 70.3 cm³/mol. The Kier molecular flexibility index (Phi) is 6.31. The van der Waals surface area contributed by atoms with E-state index in [0.29, 0.717) is 5.41 Å². The summed E-state index contributed by atoms with van der Waals surface area (Å²) in [5, 5.41) is 0. The van der Waals surface area contributed by atoms with Gasteiger partial charge in [-0.25, -0.2) is 0 Å². The molecule has 0 atom stereocenters. The molecule has 0 aromatic heterocycles. The minimum absolute atomic E-state index is 0.550. The van der Waals surface area contributed by atoms with E-state index < -0.39 is 0 Å². The topological polar surface area (TPSA) is 0 Å². The maximum absolute atomic E-state index is 2.27. The largest absolute Gasteiger partial charge is 0.0654 e. The Hall–Kier alpha value is -0.780. The smallest absolute Gasteiger partial charge is 0.0383 e. The molecule has 0 aliphatic heterocycles. The first-order valence-corrected chi connectivity index (χ1v) is 5.88. The van der Waals surface area contributed by atoms with E-state index in [1.165, 1.54) is 24.0 Å². The first kappa shape index (κ1) is 14.2. The first-order valence-electron chi connectivity index (χ1n) is 5.88. The van der Waals surface area contributed by atoms with Crippen LogP contribution >= 0.6 is 0 Å². The van der Waals surface area contributed by atoms with Gasteiger partial charge >= 0.3 is 0 Å². The fraction of sp³-hybridized carbons (Fsp3) is 0.600. The molecule has 0 saturated heterocycles. The van der Waals surface area contributed by atoms with Crippen LogP contribution in [0.15, 0.2) is 24.3 Å². The molecule has 0 fully saturated rings. The zero-order valence-electron chi connectivity index (χ0n) is 11.2. The van der Waals surface area contributed by atoms with E-state index in [-0.39, 0.29) is 0 Å². The molecule has 0 saturated carbocycles. The number of benzene rings is 1. The third-order valence-electron chi connectivity index (χ3n) is 2.22. The van der Waals surface area contributed by atoms with E-state index in [1.54, 1.807) is 0 Å². The third kappa shape index (κ3) is 9.52. The molecule has 0 aliphatic carbocycles. The van der Waals surface area contributed by atoms with Crippen molar-refractivity contribution >= 4 is 0 Å². The van der Waals surface area contributed by atoms with Crippen molar-refractivity contribution in [2.45, 2.75) is 54.4 Å². The van der Waals surface area contributed by atoms with Gasteiger partial charge < -0.3 is 0 Å². The van der Waals surface area contributed by atoms with Crippen LogP contribution in [0.3, 0.4) is 0 Å². The molecule has 15 heavy (non-hydrogen) atoms. The molecule has 1 aromatic rings. The lowest BCUT2D eigenvalue weighted by molar-refractivity contribution is 0.373. The Morgan fingerprint density at radius 1 is 0.867 bits per heavy atom. The van der Waals surface area contributed by atoms with Gasteiger partial charge in [-0.1, -0.05) is 69.5 Å². The predicted octanol–water partition coefficient (Wildman–Crippen LogP) is 5.14. The summed E-state index contributed by atoms with van der Waals surface area (Å²) in [5.41, 5.74) is 3.21. The lowest BCUT2D eigenvalue weighted by Crippen LogP contribution is -2.02. The fourth-order valence-corrected chi connectivity index (χ4v) is 1.39. The van der Waals surface area contributed by atoms with Gasteiger partial charge in [-0.15, -0.1) is 0 Å². The molecular weight excluding hydrogens is 180 g/mol. The summed E-state index contributed by atoms with van der Waals surface area (Å²) in [6, 6.07) is 8.48. The quantitative estimate of drug-likeness (QED) is 0.597. The van der Waals surface area contributed by atoms with Crippen molar-refractivity contribution < 1.29 is 0 Å². The maximum Gasteiger partial charge on any atom is -0.0383 e. The van der Waals surface area contributed by atoms with Gasteiger partial charge in [0.1, 0.15) is 0 Å². The van der Waals surface area contributed by atoms with Crippen molar-refractivity contribution in [1.82, 2.24) is 0 Å². The Morgan fingerprint density at radius 3 is 1.33 bits per heavy atom. The number of hydrogen-bond acceptors (Lipinski definition) is 0. The van der Waals surface area contributed by atoms with E-state index in [1.807, 2.05) is 0 Å². The van der Waals surface area contributed by atoms with Gasteiger partial charge in [-0.2, -0.15) is 0 Å². The van der Waals surface area contributed by atoms with Crippen LogP contribution in [0, 0.1) is 19.3 Å². The highest BCUT2D eigenvalue weighted by Crippen LogP contribution is 2.19. The summed E-state index contributed by atoms with van der Waals surface area (Å²) in [6.45, 7) is 13.2. The second-order valence-electron chi connectivity index (χ2n) is 5.47.